The molecule has 0 spiro atoms. The van der Waals surface area contributed by atoms with Crippen LogP contribution in [0.1, 0.15) is 55.1 Å². The van der Waals surface area contributed by atoms with Crippen LogP contribution in [-0.4, -0.2) is 43.0 Å². The third-order valence-corrected chi connectivity index (χ3v) is 7.47. The molecule has 6 rings (SSSR count). The number of aliphatic hydroxyl groups is 1. The number of rotatable bonds is 5. The maximum atomic E-state index is 15.3. The zero-order chi connectivity index (χ0) is 31.8. The van der Waals surface area contributed by atoms with E-state index < -0.39 is 17.4 Å². The van der Waals surface area contributed by atoms with Crippen molar-refractivity contribution in [1.29, 1.82) is 0 Å². The number of benzene rings is 3. The van der Waals surface area contributed by atoms with E-state index in [0.29, 0.717) is 52.6 Å². The molecule has 2 N–H and O–H groups in total. The molecule has 7 nitrogen and oxygen atoms in total. The molecule has 0 amide bonds. The molecule has 0 saturated heterocycles. The second-order valence-electron chi connectivity index (χ2n) is 12.3. The highest BCUT2D eigenvalue weighted by Gasteiger charge is 2.26. The van der Waals surface area contributed by atoms with Gasteiger partial charge < -0.3 is 14.9 Å². The van der Waals surface area contributed by atoms with Crippen molar-refractivity contribution in [3.8, 4) is 39.4 Å². The lowest BCUT2D eigenvalue weighted by atomic mass is 9.91. The molecule has 0 unspecified atom stereocenters. The predicted octanol–water partition coefficient (Wildman–Crippen LogP) is 7.52. The van der Waals surface area contributed by atoms with Crippen LogP contribution in [0.5, 0.6) is 5.75 Å². The standard InChI is InChI=1S/C32H28FN3O3.C4H10O/c1-18-9-11-21(12-10-18)22-6-4-7-23(14-22)28-17-29-34-20(3)26(16-30(37)38)31(36(29)35-28)25-15-27(33)32-24(19(25)2)8-5-13-39-32;1-4(2,3)5/h4,6-7,9-12,14-15,17H,5,8,13,16H2,1-3H3,(H,37,38);5H,1-3H3. The summed E-state index contributed by atoms with van der Waals surface area (Å²) in [4.78, 5) is 16.6. The summed E-state index contributed by atoms with van der Waals surface area (Å²) >= 11 is 0. The first kappa shape index (κ1) is 30.9. The van der Waals surface area contributed by atoms with Gasteiger partial charge in [0.2, 0.25) is 0 Å². The Labute approximate surface area is 257 Å². The van der Waals surface area contributed by atoms with E-state index >= 15 is 4.39 Å². The number of nitrogens with zero attached hydrogens (tertiary/aromatic N) is 3. The summed E-state index contributed by atoms with van der Waals surface area (Å²) in [5.74, 6) is -1.15. The molecule has 1 aliphatic rings. The fourth-order valence-electron chi connectivity index (χ4n) is 5.44. The minimum atomic E-state index is -0.988. The first-order valence-corrected chi connectivity index (χ1v) is 14.8. The molecule has 0 saturated carbocycles. The molecule has 3 heterocycles. The molecule has 1 aliphatic heterocycles. The first-order valence-electron chi connectivity index (χ1n) is 14.8. The van der Waals surface area contributed by atoms with Crippen LogP contribution in [0.2, 0.25) is 0 Å². The van der Waals surface area contributed by atoms with Crippen LogP contribution in [0.25, 0.3) is 39.3 Å². The quantitative estimate of drug-likeness (QED) is 0.218. The van der Waals surface area contributed by atoms with Crippen LogP contribution < -0.4 is 4.74 Å². The third-order valence-electron chi connectivity index (χ3n) is 7.47. The van der Waals surface area contributed by atoms with Crippen molar-refractivity contribution in [2.24, 2.45) is 0 Å². The number of hydrogen-bond acceptors (Lipinski definition) is 5. The highest BCUT2D eigenvalue weighted by atomic mass is 19.1. The Morgan fingerprint density at radius 2 is 1.68 bits per heavy atom. The normalized spacial score (nSPS) is 12.7. The van der Waals surface area contributed by atoms with Crippen molar-refractivity contribution >= 4 is 11.6 Å². The van der Waals surface area contributed by atoms with Gasteiger partial charge in [-0.1, -0.05) is 48.0 Å². The Balaban J connectivity index is 0.000000712. The van der Waals surface area contributed by atoms with E-state index in [0.717, 1.165) is 34.2 Å². The number of ether oxygens (including phenoxy) is 1. The van der Waals surface area contributed by atoms with Gasteiger partial charge in [0, 0.05) is 34.0 Å². The van der Waals surface area contributed by atoms with E-state index in [1.54, 1.807) is 32.2 Å². The van der Waals surface area contributed by atoms with Gasteiger partial charge in [-0.2, -0.15) is 5.10 Å². The Bertz CT molecular complexity index is 1850. The van der Waals surface area contributed by atoms with Crippen LogP contribution in [0.4, 0.5) is 4.39 Å². The average molecular weight is 596 g/mol. The van der Waals surface area contributed by atoms with Crippen LogP contribution in [0.3, 0.4) is 0 Å². The van der Waals surface area contributed by atoms with E-state index in [4.69, 9.17) is 19.9 Å². The maximum Gasteiger partial charge on any atom is 0.307 e. The molecule has 0 radical (unpaired) electrons. The Morgan fingerprint density at radius 3 is 2.36 bits per heavy atom. The van der Waals surface area contributed by atoms with Gasteiger partial charge in [0.25, 0.3) is 0 Å². The summed E-state index contributed by atoms with van der Waals surface area (Å²) in [6, 6.07) is 19.8. The Kier molecular flexibility index (Phi) is 8.57. The maximum absolute atomic E-state index is 15.3. The summed E-state index contributed by atoms with van der Waals surface area (Å²) in [5.41, 5.74) is 8.96. The molecule has 0 aliphatic carbocycles. The molecule has 44 heavy (non-hydrogen) atoms. The van der Waals surface area contributed by atoms with Crippen molar-refractivity contribution < 1.29 is 24.1 Å². The van der Waals surface area contributed by atoms with Crippen LogP contribution in [0, 0.1) is 26.6 Å². The highest BCUT2D eigenvalue weighted by Crippen LogP contribution is 2.39. The molecule has 228 valence electrons. The number of halogens is 1. The molecule has 0 atom stereocenters. The van der Waals surface area contributed by atoms with E-state index in [-0.39, 0.29) is 6.42 Å². The number of carboxylic acids is 1. The molecule has 3 aromatic carbocycles. The summed E-state index contributed by atoms with van der Waals surface area (Å²) in [5, 5.41) is 23.2. The lowest BCUT2D eigenvalue weighted by molar-refractivity contribution is -0.136. The molecule has 0 fully saturated rings. The molecule has 5 aromatic rings. The van der Waals surface area contributed by atoms with Gasteiger partial charge >= 0.3 is 5.97 Å². The lowest BCUT2D eigenvalue weighted by Gasteiger charge is -2.23. The van der Waals surface area contributed by atoms with Gasteiger partial charge in [-0.3, -0.25) is 4.79 Å². The number of hydrogen-bond donors (Lipinski definition) is 2. The van der Waals surface area contributed by atoms with Crippen LogP contribution in [-0.2, 0) is 17.6 Å². The SMILES string of the molecule is CC(C)(C)O.Cc1ccc(-c2cccc(-c3cc4nc(C)c(CC(=O)O)c(-c5cc(F)c6c(c5C)CCCO6)n4n3)c2)cc1. The smallest absolute Gasteiger partial charge is 0.307 e. The number of carboxylic acid groups (broad SMARTS) is 1. The van der Waals surface area contributed by atoms with E-state index in [1.807, 2.05) is 25.1 Å². The summed E-state index contributed by atoms with van der Waals surface area (Å²) in [6.45, 7) is 11.5. The van der Waals surface area contributed by atoms with Crippen molar-refractivity contribution in [3.05, 3.63) is 94.4 Å². The van der Waals surface area contributed by atoms with Gasteiger partial charge in [0.1, 0.15) is 0 Å². The van der Waals surface area contributed by atoms with Crippen molar-refractivity contribution in [3.63, 3.8) is 0 Å². The number of aryl methyl sites for hydroxylation is 2. The molecule has 8 heteroatoms. The monoisotopic (exact) mass is 595 g/mol. The van der Waals surface area contributed by atoms with Gasteiger partial charge in [-0.15, -0.1) is 0 Å². The van der Waals surface area contributed by atoms with Gasteiger partial charge in [-0.25, -0.2) is 13.9 Å². The lowest BCUT2D eigenvalue weighted by Crippen LogP contribution is -2.14. The van der Waals surface area contributed by atoms with Crippen molar-refractivity contribution in [1.82, 2.24) is 14.6 Å². The highest BCUT2D eigenvalue weighted by molar-refractivity contribution is 5.80. The largest absolute Gasteiger partial charge is 0.490 e. The Morgan fingerprint density at radius 1 is 1.00 bits per heavy atom. The van der Waals surface area contributed by atoms with Crippen LogP contribution in [0.15, 0.2) is 60.7 Å². The summed E-state index contributed by atoms with van der Waals surface area (Å²) in [6.07, 6.45) is 1.24. The first-order chi connectivity index (χ1) is 20.8. The molecular weight excluding hydrogens is 557 g/mol. The van der Waals surface area contributed by atoms with Gasteiger partial charge in [-0.05, 0) is 83.2 Å². The number of carbonyl (C=O) groups is 1. The fourth-order valence-corrected chi connectivity index (χ4v) is 5.44. The zero-order valence-corrected chi connectivity index (χ0v) is 26.0. The number of aromatic nitrogens is 3. The molecule has 2 aromatic heterocycles. The fraction of sp³-hybridized carbons (Fsp3) is 0.306. The van der Waals surface area contributed by atoms with E-state index in [2.05, 4.69) is 43.3 Å². The van der Waals surface area contributed by atoms with Crippen LogP contribution >= 0.6 is 0 Å². The minimum Gasteiger partial charge on any atom is -0.490 e. The van der Waals surface area contributed by atoms with E-state index in [9.17, 15) is 9.90 Å². The number of aliphatic carboxylic acids is 1. The second-order valence-corrected chi connectivity index (χ2v) is 12.3. The average Bonchev–Trinajstić information content (AvgIpc) is 3.38. The third kappa shape index (κ3) is 6.65. The topological polar surface area (TPSA) is 97.0 Å². The van der Waals surface area contributed by atoms with Crippen molar-refractivity contribution in [2.45, 2.75) is 66.4 Å². The minimum absolute atomic E-state index is 0.253. The van der Waals surface area contributed by atoms with Gasteiger partial charge in [0.05, 0.1) is 30.0 Å². The zero-order valence-electron chi connectivity index (χ0n) is 26.0. The second kappa shape index (κ2) is 12.2. The molecular formula is C36H38FN3O4. The summed E-state index contributed by atoms with van der Waals surface area (Å²) in [7, 11) is 0. The Hall–Kier alpha value is -4.56. The van der Waals surface area contributed by atoms with Crippen molar-refractivity contribution in [2.75, 3.05) is 6.61 Å². The predicted molar refractivity (Wildman–Crippen MR) is 171 cm³/mol. The van der Waals surface area contributed by atoms with Gasteiger partial charge in [0.15, 0.2) is 17.2 Å². The van der Waals surface area contributed by atoms with E-state index in [1.165, 1.54) is 11.6 Å². The number of fused-ring (bicyclic) bond motifs is 2. The molecule has 0 bridgehead atoms. The summed E-state index contributed by atoms with van der Waals surface area (Å²) < 4.78 is 22.6.